The molecule has 42 heavy (non-hydrogen) atoms. The number of rotatable bonds is 12. The lowest BCUT2D eigenvalue weighted by molar-refractivity contribution is 0.0863. The van der Waals surface area contributed by atoms with Gasteiger partial charge in [0.2, 0.25) is 0 Å². The number of aromatic nitrogens is 1. The van der Waals surface area contributed by atoms with Crippen molar-refractivity contribution in [2.75, 3.05) is 47.3 Å². The van der Waals surface area contributed by atoms with E-state index in [0.29, 0.717) is 17.8 Å². The third-order valence-electron chi connectivity index (χ3n) is 8.03. The molecule has 0 unspecified atom stereocenters. The van der Waals surface area contributed by atoms with Crippen LogP contribution in [0.25, 0.3) is 27.9 Å². The second-order valence-corrected chi connectivity index (χ2v) is 12.6. The largest absolute Gasteiger partial charge is 0.382 e. The Hall–Kier alpha value is -3.50. The van der Waals surface area contributed by atoms with E-state index in [-0.39, 0.29) is 0 Å². The second-order valence-electron chi connectivity index (χ2n) is 11.2. The summed E-state index contributed by atoms with van der Waals surface area (Å²) in [6.07, 6.45) is 6.12. The van der Waals surface area contributed by atoms with Gasteiger partial charge in [0, 0.05) is 73.3 Å². The molecule has 8 nitrogen and oxygen atoms in total. The van der Waals surface area contributed by atoms with Crippen molar-refractivity contribution in [3.05, 3.63) is 84.3 Å². The van der Waals surface area contributed by atoms with Crippen LogP contribution in [0.5, 0.6) is 0 Å². The van der Waals surface area contributed by atoms with Crippen LogP contribution >= 0.6 is 12.1 Å². The average Bonchev–Trinajstić information content (AvgIpc) is 2.98. The molecule has 0 bridgehead atoms. The first-order valence-electron chi connectivity index (χ1n) is 14.6. The Morgan fingerprint density at radius 2 is 1.83 bits per heavy atom. The summed E-state index contributed by atoms with van der Waals surface area (Å²) in [4.78, 5) is 18.6. The van der Waals surface area contributed by atoms with E-state index in [1.165, 1.54) is 0 Å². The van der Waals surface area contributed by atoms with Crippen LogP contribution in [0.2, 0.25) is 0 Å². The quantitative estimate of drug-likeness (QED) is 0.221. The lowest BCUT2D eigenvalue weighted by Crippen LogP contribution is -2.48. The monoisotopic (exact) mass is 582 g/mol. The van der Waals surface area contributed by atoms with Crippen LogP contribution in [-0.2, 0) is 0 Å². The van der Waals surface area contributed by atoms with Crippen molar-refractivity contribution in [2.24, 2.45) is 21.6 Å². The number of pyridine rings is 1. The van der Waals surface area contributed by atoms with Crippen LogP contribution < -0.4 is 5.73 Å². The predicted molar refractivity (Wildman–Crippen MR) is 179 cm³/mol. The maximum atomic E-state index is 6.50. The Kier molecular flexibility index (Phi) is 9.74. The first-order valence-corrected chi connectivity index (χ1v) is 15.3. The predicted octanol–water partition coefficient (Wildman–Crippen LogP) is 5.57. The minimum Gasteiger partial charge on any atom is -0.382 e. The second kappa shape index (κ2) is 13.6. The van der Waals surface area contributed by atoms with E-state index in [9.17, 15) is 0 Å². The first kappa shape index (κ1) is 30.0. The Morgan fingerprint density at radius 1 is 1.07 bits per heavy atom. The van der Waals surface area contributed by atoms with Crippen molar-refractivity contribution in [3.8, 4) is 11.3 Å². The zero-order valence-electron chi connectivity index (χ0n) is 25.1. The zero-order chi connectivity index (χ0) is 29.6. The summed E-state index contributed by atoms with van der Waals surface area (Å²) < 4.78 is 4.55. The van der Waals surface area contributed by atoms with Crippen LogP contribution in [0, 0.1) is 5.92 Å². The molecule has 1 saturated carbocycles. The van der Waals surface area contributed by atoms with Gasteiger partial charge in [-0.2, -0.15) is 0 Å². The molecule has 1 aliphatic heterocycles. The van der Waals surface area contributed by atoms with E-state index in [1.54, 1.807) is 18.3 Å². The number of hydrogen-bond acceptors (Lipinski definition) is 9. The maximum absolute atomic E-state index is 6.50. The molecule has 2 heterocycles. The molecule has 1 fully saturated rings. The Morgan fingerprint density at radius 3 is 2.55 bits per heavy atom. The molecule has 2 aliphatic rings. The van der Waals surface area contributed by atoms with Crippen LogP contribution in [0.3, 0.4) is 0 Å². The highest BCUT2D eigenvalue weighted by molar-refractivity contribution is 7.94. The van der Waals surface area contributed by atoms with Crippen LogP contribution in [-0.4, -0.2) is 89.3 Å². The number of amidine groups is 1. The fourth-order valence-corrected chi connectivity index (χ4v) is 6.39. The van der Waals surface area contributed by atoms with Crippen LogP contribution in [0.4, 0.5) is 0 Å². The Labute approximate surface area is 254 Å². The SMILES string of the molecule is C=N/C(=C1/C(N)=NC=CN1CC1CC(N(C)CCN(CC)SN(C)C)C1)c1ccc2ccc(-c3ccccc3)nc2c1. The van der Waals surface area contributed by atoms with E-state index < -0.39 is 0 Å². The van der Waals surface area contributed by atoms with Gasteiger partial charge in [0.05, 0.1) is 16.9 Å². The molecule has 0 amide bonds. The number of aliphatic imine (C=N–C) groups is 2. The van der Waals surface area contributed by atoms with Gasteiger partial charge in [-0.15, -0.1) is 0 Å². The first-order chi connectivity index (χ1) is 20.4. The van der Waals surface area contributed by atoms with E-state index in [1.807, 2.05) is 24.4 Å². The highest BCUT2D eigenvalue weighted by Crippen LogP contribution is 2.35. The van der Waals surface area contributed by atoms with Gasteiger partial charge in [0.15, 0.2) is 0 Å². The summed E-state index contributed by atoms with van der Waals surface area (Å²) in [7, 11) is 6.44. The van der Waals surface area contributed by atoms with Gasteiger partial charge in [-0.25, -0.2) is 18.6 Å². The molecule has 3 aromatic rings. The fraction of sp³-hybridized carbons (Fsp3) is 0.364. The Bertz CT molecular complexity index is 1480. The van der Waals surface area contributed by atoms with Crippen molar-refractivity contribution in [3.63, 3.8) is 0 Å². The normalized spacial score (nSPS) is 19.9. The minimum absolute atomic E-state index is 0.456. The summed E-state index contributed by atoms with van der Waals surface area (Å²) in [6, 6.07) is 21.2. The molecular weight excluding hydrogens is 540 g/mol. The molecule has 5 rings (SSSR count). The molecular formula is C33H42N8S. The highest BCUT2D eigenvalue weighted by atomic mass is 32.2. The van der Waals surface area contributed by atoms with Gasteiger partial charge in [0.1, 0.15) is 11.5 Å². The van der Waals surface area contributed by atoms with E-state index in [2.05, 4.69) is 106 Å². The summed E-state index contributed by atoms with van der Waals surface area (Å²) >= 11 is 1.79. The van der Waals surface area contributed by atoms with Gasteiger partial charge in [-0.05, 0) is 58.8 Å². The number of likely N-dealkylation sites (N-methyl/N-ethyl adjacent to an activating group) is 2. The molecule has 0 radical (unpaired) electrons. The number of fused-ring (bicyclic) bond motifs is 1. The molecule has 220 valence electrons. The van der Waals surface area contributed by atoms with Crippen molar-refractivity contribution < 1.29 is 0 Å². The molecule has 0 atom stereocenters. The topological polar surface area (TPSA) is 76.6 Å². The van der Waals surface area contributed by atoms with E-state index >= 15 is 0 Å². The van der Waals surface area contributed by atoms with Gasteiger partial charge in [-0.1, -0.05) is 55.5 Å². The van der Waals surface area contributed by atoms with Crippen molar-refractivity contribution in [1.82, 2.24) is 23.4 Å². The number of benzene rings is 2. The molecule has 0 spiro atoms. The lowest BCUT2D eigenvalue weighted by atomic mass is 9.79. The van der Waals surface area contributed by atoms with Gasteiger partial charge >= 0.3 is 0 Å². The van der Waals surface area contributed by atoms with Crippen LogP contribution in [0.15, 0.2) is 88.7 Å². The molecule has 2 N–H and O–H groups in total. The fourth-order valence-electron chi connectivity index (χ4n) is 5.65. The third-order valence-corrected chi connectivity index (χ3v) is 9.03. The third kappa shape index (κ3) is 6.93. The standard InChI is InChI=1S/C33H42N8S/c1-6-41(42-38(3)4)19-18-39(5)28-20-24(21-28)23-40-17-16-36-33(34)32(40)31(35-2)27-13-12-26-14-15-29(37-30(26)22-27)25-10-8-7-9-11-25/h7-17,22,24,28H,2,6,18-21,23H2,1,3-5H3,(H2,34,36)/b32-31-. The van der Waals surface area contributed by atoms with Crippen molar-refractivity contribution in [1.29, 1.82) is 0 Å². The van der Waals surface area contributed by atoms with Crippen molar-refractivity contribution in [2.45, 2.75) is 25.8 Å². The zero-order valence-corrected chi connectivity index (χ0v) is 26.0. The molecule has 9 heteroatoms. The maximum Gasteiger partial charge on any atom is 0.149 e. The summed E-state index contributed by atoms with van der Waals surface area (Å²) in [5.41, 5.74) is 11.9. The molecule has 2 aromatic carbocycles. The Balaban J connectivity index is 1.30. The molecule has 1 aromatic heterocycles. The number of nitrogens with two attached hydrogens (primary N) is 1. The minimum atomic E-state index is 0.456. The van der Waals surface area contributed by atoms with Gasteiger partial charge in [-0.3, -0.25) is 4.99 Å². The number of nitrogens with zero attached hydrogens (tertiary/aromatic N) is 7. The average molecular weight is 583 g/mol. The van der Waals surface area contributed by atoms with E-state index in [0.717, 1.165) is 78.1 Å². The highest BCUT2D eigenvalue weighted by Gasteiger charge is 2.34. The smallest absolute Gasteiger partial charge is 0.149 e. The molecule has 1 aliphatic carbocycles. The summed E-state index contributed by atoms with van der Waals surface area (Å²) in [6.45, 7) is 10.2. The summed E-state index contributed by atoms with van der Waals surface area (Å²) in [5, 5.41) is 1.07. The summed E-state index contributed by atoms with van der Waals surface area (Å²) in [5.74, 6) is 1.02. The van der Waals surface area contributed by atoms with Gasteiger partial charge < -0.3 is 15.5 Å². The molecule has 0 saturated heterocycles. The number of hydrogen-bond donors (Lipinski definition) is 1. The van der Waals surface area contributed by atoms with Crippen molar-refractivity contribution >= 4 is 41.3 Å². The lowest BCUT2D eigenvalue weighted by Gasteiger charge is -2.44. The van der Waals surface area contributed by atoms with E-state index in [4.69, 9.17) is 10.7 Å². The van der Waals surface area contributed by atoms with Crippen LogP contribution in [0.1, 0.15) is 25.3 Å². The van der Waals surface area contributed by atoms with Gasteiger partial charge in [0.25, 0.3) is 0 Å².